The van der Waals surface area contributed by atoms with Gasteiger partial charge in [0.25, 0.3) is 0 Å². The fourth-order valence-corrected chi connectivity index (χ4v) is 1.20. The van der Waals surface area contributed by atoms with Gasteiger partial charge >= 0.3 is 5.97 Å². The van der Waals surface area contributed by atoms with E-state index in [-0.39, 0.29) is 18.1 Å². The molecule has 0 fully saturated rings. The molecule has 0 aromatic heterocycles. The van der Waals surface area contributed by atoms with Gasteiger partial charge in [0, 0.05) is 5.02 Å². The molecule has 0 saturated heterocycles. The summed E-state index contributed by atoms with van der Waals surface area (Å²) in [6, 6.07) is 4.47. The van der Waals surface area contributed by atoms with Crippen molar-refractivity contribution < 1.29 is 14.6 Å². The van der Waals surface area contributed by atoms with Crippen LogP contribution >= 0.6 is 11.6 Å². The van der Waals surface area contributed by atoms with Crippen LogP contribution in [-0.4, -0.2) is 23.4 Å². The van der Waals surface area contributed by atoms with E-state index < -0.39 is 5.97 Å². The van der Waals surface area contributed by atoms with Crippen LogP contribution in [0.25, 0.3) is 0 Å². The van der Waals surface area contributed by atoms with Gasteiger partial charge in [-0.25, -0.2) is 4.79 Å². The predicted molar refractivity (Wildman–Crippen MR) is 66.5 cm³/mol. The number of hydrogen-bond acceptors (Lipinski definition) is 5. The van der Waals surface area contributed by atoms with Crippen molar-refractivity contribution in [3.8, 4) is 5.75 Å². The summed E-state index contributed by atoms with van der Waals surface area (Å²) in [6.45, 7) is 3.50. The molecule has 5 nitrogen and oxygen atoms in total. The third-order valence-corrected chi connectivity index (χ3v) is 2.11. The Bertz CT molecular complexity index is 446. The molecule has 0 saturated carbocycles. The second-order valence-electron chi connectivity index (χ2n) is 3.19. The van der Waals surface area contributed by atoms with Crippen LogP contribution in [0, 0.1) is 0 Å². The summed E-state index contributed by atoms with van der Waals surface area (Å²) >= 11 is 5.75. The second-order valence-corrected chi connectivity index (χ2v) is 3.63. The number of ether oxygens (including phenoxy) is 1. The molecule has 0 radical (unpaired) electrons. The maximum Gasteiger partial charge on any atom is 0.354 e. The summed E-state index contributed by atoms with van der Waals surface area (Å²) in [4.78, 5) is 11.2. The number of halogens is 1. The zero-order valence-corrected chi connectivity index (χ0v) is 10.3. The van der Waals surface area contributed by atoms with E-state index in [9.17, 15) is 9.90 Å². The number of hydrogen-bond donors (Lipinski definition) is 2. The number of aromatic hydroxyl groups is 1. The molecule has 0 bridgehead atoms. The first kappa shape index (κ1) is 13.3. The van der Waals surface area contributed by atoms with Gasteiger partial charge in [-0.2, -0.15) is 5.10 Å². The maximum atomic E-state index is 11.2. The monoisotopic (exact) mass is 256 g/mol. The number of hydrazone groups is 1. The van der Waals surface area contributed by atoms with Crippen LogP contribution < -0.4 is 5.43 Å². The van der Waals surface area contributed by atoms with E-state index in [0.29, 0.717) is 10.7 Å². The van der Waals surface area contributed by atoms with Crippen LogP contribution in [0.1, 0.15) is 13.8 Å². The lowest BCUT2D eigenvalue weighted by Crippen LogP contribution is -2.15. The Labute approximate surface area is 104 Å². The van der Waals surface area contributed by atoms with Crippen molar-refractivity contribution >= 4 is 29.0 Å². The van der Waals surface area contributed by atoms with Crippen LogP contribution in [0.4, 0.5) is 5.69 Å². The molecular formula is C11H13ClN2O3. The molecule has 1 aromatic carbocycles. The molecule has 1 rings (SSSR count). The average molecular weight is 257 g/mol. The Morgan fingerprint density at radius 2 is 2.29 bits per heavy atom. The minimum Gasteiger partial charge on any atom is -0.506 e. The molecule has 0 amide bonds. The van der Waals surface area contributed by atoms with E-state index in [2.05, 4.69) is 10.5 Å². The smallest absolute Gasteiger partial charge is 0.354 e. The molecule has 17 heavy (non-hydrogen) atoms. The fourth-order valence-electron chi connectivity index (χ4n) is 1.02. The van der Waals surface area contributed by atoms with Crippen molar-refractivity contribution in [3.05, 3.63) is 23.2 Å². The zero-order chi connectivity index (χ0) is 12.8. The van der Waals surface area contributed by atoms with Crippen molar-refractivity contribution in [2.75, 3.05) is 12.0 Å². The molecular weight excluding hydrogens is 244 g/mol. The molecule has 0 atom stereocenters. The summed E-state index contributed by atoms with van der Waals surface area (Å²) < 4.78 is 4.75. The van der Waals surface area contributed by atoms with Crippen molar-refractivity contribution in [1.29, 1.82) is 0 Å². The number of phenols is 1. The number of carbonyl (C=O) groups is 1. The van der Waals surface area contributed by atoms with E-state index >= 15 is 0 Å². The largest absolute Gasteiger partial charge is 0.506 e. The number of nitrogens with zero attached hydrogens (tertiary/aromatic N) is 1. The summed E-state index contributed by atoms with van der Waals surface area (Å²) in [5.41, 5.74) is 3.02. The number of carbonyl (C=O) groups excluding carboxylic acids is 1. The number of anilines is 1. The molecule has 0 heterocycles. The lowest BCUT2D eigenvalue weighted by atomic mass is 10.3. The number of esters is 1. The predicted octanol–water partition coefficient (Wildman–Crippen LogP) is 2.40. The lowest BCUT2D eigenvalue weighted by Gasteiger charge is -2.05. The first-order valence-corrected chi connectivity index (χ1v) is 5.38. The maximum absolute atomic E-state index is 11.2. The van der Waals surface area contributed by atoms with E-state index in [4.69, 9.17) is 16.3 Å². The summed E-state index contributed by atoms with van der Waals surface area (Å²) in [7, 11) is 0. The highest BCUT2D eigenvalue weighted by molar-refractivity contribution is 6.35. The van der Waals surface area contributed by atoms with E-state index in [1.165, 1.54) is 19.1 Å². The summed E-state index contributed by atoms with van der Waals surface area (Å²) in [5.74, 6) is -0.517. The number of rotatable bonds is 4. The highest BCUT2D eigenvalue weighted by Gasteiger charge is 2.07. The van der Waals surface area contributed by atoms with Gasteiger partial charge in [-0.15, -0.1) is 0 Å². The normalized spacial score (nSPS) is 11.1. The van der Waals surface area contributed by atoms with Gasteiger partial charge in [0.05, 0.1) is 12.3 Å². The van der Waals surface area contributed by atoms with Crippen LogP contribution in [0.3, 0.4) is 0 Å². The summed E-state index contributed by atoms with van der Waals surface area (Å²) in [6.07, 6.45) is 0. The lowest BCUT2D eigenvalue weighted by molar-refractivity contribution is -0.135. The minimum absolute atomic E-state index is 0.00481. The summed E-state index contributed by atoms with van der Waals surface area (Å²) in [5, 5.41) is 13.7. The fraction of sp³-hybridized carbons (Fsp3) is 0.273. The van der Waals surface area contributed by atoms with E-state index in [1.807, 2.05) is 0 Å². The molecule has 0 aliphatic heterocycles. The average Bonchev–Trinajstić information content (AvgIpc) is 2.30. The quantitative estimate of drug-likeness (QED) is 0.376. The molecule has 2 N–H and O–H groups in total. The van der Waals surface area contributed by atoms with Gasteiger partial charge in [-0.05, 0) is 32.0 Å². The van der Waals surface area contributed by atoms with Crippen molar-refractivity contribution in [3.63, 3.8) is 0 Å². The second kappa shape index (κ2) is 6.10. The van der Waals surface area contributed by atoms with Crippen LogP contribution in [0.5, 0.6) is 5.75 Å². The zero-order valence-electron chi connectivity index (χ0n) is 9.53. The molecule has 1 aromatic rings. The highest BCUT2D eigenvalue weighted by Crippen LogP contribution is 2.26. The van der Waals surface area contributed by atoms with Gasteiger partial charge in [0.15, 0.2) is 0 Å². The number of phenolic OH excluding ortho intramolecular Hbond substituents is 1. The highest BCUT2D eigenvalue weighted by atomic mass is 35.5. The van der Waals surface area contributed by atoms with Crippen molar-refractivity contribution in [1.82, 2.24) is 0 Å². The third-order valence-electron chi connectivity index (χ3n) is 1.87. The van der Waals surface area contributed by atoms with Gasteiger partial charge < -0.3 is 9.84 Å². The van der Waals surface area contributed by atoms with Crippen LogP contribution in [-0.2, 0) is 9.53 Å². The minimum atomic E-state index is -0.512. The first-order chi connectivity index (χ1) is 8.04. The Hall–Kier alpha value is -1.75. The molecule has 0 spiro atoms. The number of nitrogens with one attached hydrogen (secondary N) is 1. The molecule has 0 aliphatic carbocycles. The Morgan fingerprint density at radius 1 is 1.59 bits per heavy atom. The van der Waals surface area contributed by atoms with Crippen molar-refractivity contribution in [2.24, 2.45) is 5.10 Å². The topological polar surface area (TPSA) is 70.9 Å². The van der Waals surface area contributed by atoms with Gasteiger partial charge in [0.1, 0.15) is 11.5 Å². The first-order valence-electron chi connectivity index (χ1n) is 5.00. The number of benzene rings is 1. The SMILES string of the molecule is CCOC(=O)/C(C)=N\Nc1cc(Cl)ccc1O. The Kier molecular flexibility index (Phi) is 4.78. The molecule has 92 valence electrons. The van der Waals surface area contributed by atoms with Crippen LogP contribution in [0.2, 0.25) is 5.02 Å². The van der Waals surface area contributed by atoms with Gasteiger partial charge in [0.2, 0.25) is 0 Å². The molecule has 0 unspecified atom stereocenters. The van der Waals surface area contributed by atoms with Crippen LogP contribution in [0.15, 0.2) is 23.3 Å². The standard InChI is InChI=1S/C11H13ClN2O3/c1-3-17-11(16)7(2)13-14-9-6-8(12)4-5-10(9)15/h4-6,14-15H,3H2,1-2H3/b13-7-. The molecule has 0 aliphatic rings. The van der Waals surface area contributed by atoms with Gasteiger partial charge in [-0.3, -0.25) is 5.43 Å². The Morgan fingerprint density at radius 3 is 2.94 bits per heavy atom. The third kappa shape index (κ3) is 3.96. The van der Waals surface area contributed by atoms with E-state index in [0.717, 1.165) is 0 Å². The molecule has 6 heteroatoms. The van der Waals surface area contributed by atoms with E-state index in [1.54, 1.807) is 13.0 Å². The van der Waals surface area contributed by atoms with Gasteiger partial charge in [-0.1, -0.05) is 11.6 Å². The van der Waals surface area contributed by atoms with Crippen molar-refractivity contribution in [2.45, 2.75) is 13.8 Å². The Balaban J connectivity index is 2.75.